The van der Waals surface area contributed by atoms with Crippen LogP contribution in [0.25, 0.3) is 0 Å². The van der Waals surface area contributed by atoms with Crippen LogP contribution in [0.3, 0.4) is 0 Å². The zero-order valence-electron chi connectivity index (χ0n) is 9.27. The largest absolute Gasteiger partial charge is 0.467 e. The average Bonchev–Trinajstić information content (AvgIpc) is 2.92. The van der Waals surface area contributed by atoms with E-state index in [4.69, 9.17) is 10.3 Å². The fraction of sp³-hybridized carbons (Fsp3) is 0.333. The van der Waals surface area contributed by atoms with E-state index in [1.165, 1.54) is 4.88 Å². The second kappa shape index (κ2) is 5.30. The standard InChI is InChI=1S/C12H16N2OS/c1-9-6-7-15-12(9)11(14-13)5-4-10-3-2-8-16-10/h2-3,6-8,11,14H,4-5,13H2,1H3. The molecular weight excluding hydrogens is 220 g/mol. The Hall–Kier alpha value is -1.10. The quantitative estimate of drug-likeness (QED) is 0.620. The summed E-state index contributed by atoms with van der Waals surface area (Å²) in [4.78, 5) is 1.38. The lowest BCUT2D eigenvalue weighted by molar-refractivity contribution is 0.399. The summed E-state index contributed by atoms with van der Waals surface area (Å²) in [6.45, 7) is 2.04. The molecule has 1 unspecified atom stereocenters. The van der Waals surface area contributed by atoms with Crippen molar-refractivity contribution in [2.75, 3.05) is 0 Å². The molecule has 0 spiro atoms. The van der Waals surface area contributed by atoms with Gasteiger partial charge in [-0.05, 0) is 42.8 Å². The van der Waals surface area contributed by atoms with Gasteiger partial charge < -0.3 is 4.42 Å². The summed E-state index contributed by atoms with van der Waals surface area (Å²) < 4.78 is 5.45. The first-order valence-corrected chi connectivity index (χ1v) is 6.21. The van der Waals surface area contributed by atoms with Crippen LogP contribution in [0, 0.1) is 6.92 Å². The first kappa shape index (κ1) is 11.4. The van der Waals surface area contributed by atoms with Gasteiger partial charge in [0.25, 0.3) is 0 Å². The summed E-state index contributed by atoms with van der Waals surface area (Å²) >= 11 is 1.78. The van der Waals surface area contributed by atoms with Crippen molar-refractivity contribution in [3.05, 3.63) is 46.0 Å². The molecule has 0 bridgehead atoms. The molecule has 0 radical (unpaired) electrons. The molecule has 3 nitrogen and oxygen atoms in total. The maximum atomic E-state index is 5.57. The van der Waals surface area contributed by atoms with E-state index < -0.39 is 0 Å². The topological polar surface area (TPSA) is 51.2 Å². The summed E-state index contributed by atoms with van der Waals surface area (Å²) in [6.07, 6.45) is 3.68. The minimum Gasteiger partial charge on any atom is -0.467 e. The van der Waals surface area contributed by atoms with Crippen molar-refractivity contribution in [3.63, 3.8) is 0 Å². The van der Waals surface area contributed by atoms with Crippen molar-refractivity contribution >= 4 is 11.3 Å². The van der Waals surface area contributed by atoms with Crippen molar-refractivity contribution in [2.24, 2.45) is 5.84 Å². The van der Waals surface area contributed by atoms with Crippen LogP contribution < -0.4 is 11.3 Å². The molecule has 2 aromatic rings. The molecular formula is C12H16N2OS. The van der Waals surface area contributed by atoms with E-state index >= 15 is 0 Å². The van der Waals surface area contributed by atoms with Crippen LogP contribution in [0.1, 0.15) is 28.7 Å². The van der Waals surface area contributed by atoms with E-state index in [1.807, 2.05) is 13.0 Å². The third kappa shape index (κ3) is 2.52. The third-order valence-corrected chi connectivity index (χ3v) is 3.62. The maximum Gasteiger partial charge on any atom is 0.124 e. The molecule has 1 atom stereocenters. The first-order chi connectivity index (χ1) is 7.81. The predicted molar refractivity (Wildman–Crippen MR) is 66.1 cm³/mol. The highest BCUT2D eigenvalue weighted by atomic mass is 32.1. The first-order valence-electron chi connectivity index (χ1n) is 5.33. The van der Waals surface area contributed by atoms with Gasteiger partial charge >= 0.3 is 0 Å². The highest BCUT2D eigenvalue weighted by molar-refractivity contribution is 7.09. The van der Waals surface area contributed by atoms with Crippen LogP contribution in [0.5, 0.6) is 0 Å². The molecule has 2 heterocycles. The van der Waals surface area contributed by atoms with E-state index in [0.29, 0.717) is 0 Å². The van der Waals surface area contributed by atoms with Gasteiger partial charge in [0.15, 0.2) is 0 Å². The number of hydrazine groups is 1. The SMILES string of the molecule is Cc1ccoc1C(CCc1cccs1)NN. The molecule has 0 fully saturated rings. The van der Waals surface area contributed by atoms with E-state index in [1.54, 1.807) is 17.6 Å². The summed E-state index contributed by atoms with van der Waals surface area (Å²) in [7, 11) is 0. The van der Waals surface area contributed by atoms with E-state index in [-0.39, 0.29) is 6.04 Å². The number of nitrogens with one attached hydrogen (secondary N) is 1. The van der Waals surface area contributed by atoms with Crippen LogP contribution in [-0.2, 0) is 6.42 Å². The molecule has 0 saturated heterocycles. The second-order valence-electron chi connectivity index (χ2n) is 3.81. The number of hydrogen-bond donors (Lipinski definition) is 2. The smallest absolute Gasteiger partial charge is 0.124 e. The number of hydrogen-bond acceptors (Lipinski definition) is 4. The van der Waals surface area contributed by atoms with Gasteiger partial charge in [-0.15, -0.1) is 11.3 Å². The third-order valence-electron chi connectivity index (χ3n) is 2.68. The van der Waals surface area contributed by atoms with E-state index in [0.717, 1.165) is 24.2 Å². The lowest BCUT2D eigenvalue weighted by atomic mass is 10.1. The summed E-state index contributed by atoms with van der Waals surface area (Å²) in [6, 6.07) is 6.28. The van der Waals surface area contributed by atoms with Crippen LogP contribution >= 0.6 is 11.3 Å². The lowest BCUT2D eigenvalue weighted by Gasteiger charge is -2.13. The zero-order chi connectivity index (χ0) is 11.4. The molecule has 3 N–H and O–H groups in total. The Bertz CT molecular complexity index is 422. The molecule has 0 saturated carbocycles. The number of aryl methyl sites for hydroxylation is 2. The van der Waals surface area contributed by atoms with Crippen LogP contribution in [0.2, 0.25) is 0 Å². The molecule has 2 rings (SSSR count). The number of nitrogens with two attached hydrogens (primary N) is 1. The minimum atomic E-state index is 0.0945. The van der Waals surface area contributed by atoms with Crippen LogP contribution in [-0.4, -0.2) is 0 Å². The maximum absolute atomic E-state index is 5.57. The Morgan fingerprint density at radius 2 is 2.38 bits per heavy atom. The van der Waals surface area contributed by atoms with Crippen molar-refractivity contribution in [1.29, 1.82) is 0 Å². The molecule has 0 aliphatic rings. The molecule has 86 valence electrons. The van der Waals surface area contributed by atoms with Gasteiger partial charge in [-0.25, -0.2) is 5.43 Å². The lowest BCUT2D eigenvalue weighted by Crippen LogP contribution is -2.28. The Morgan fingerprint density at radius 3 is 2.94 bits per heavy atom. The van der Waals surface area contributed by atoms with Crippen molar-refractivity contribution < 1.29 is 4.42 Å². The molecule has 0 amide bonds. The van der Waals surface area contributed by atoms with Crippen LogP contribution in [0.15, 0.2) is 34.3 Å². The Labute approximate surface area is 99.2 Å². The molecule has 2 aromatic heterocycles. The van der Waals surface area contributed by atoms with E-state index in [2.05, 4.69) is 22.9 Å². The predicted octanol–water partition coefficient (Wildman–Crippen LogP) is 2.79. The fourth-order valence-electron chi connectivity index (χ4n) is 1.77. The van der Waals surface area contributed by atoms with Crippen molar-refractivity contribution in [1.82, 2.24) is 5.43 Å². The van der Waals surface area contributed by atoms with Crippen molar-refractivity contribution in [2.45, 2.75) is 25.8 Å². The van der Waals surface area contributed by atoms with Gasteiger partial charge in [0, 0.05) is 4.88 Å². The molecule has 16 heavy (non-hydrogen) atoms. The average molecular weight is 236 g/mol. The number of thiophene rings is 1. The van der Waals surface area contributed by atoms with Gasteiger partial charge in [-0.1, -0.05) is 6.07 Å². The Kier molecular flexibility index (Phi) is 3.77. The second-order valence-corrected chi connectivity index (χ2v) is 4.84. The number of rotatable bonds is 5. The van der Waals surface area contributed by atoms with E-state index in [9.17, 15) is 0 Å². The van der Waals surface area contributed by atoms with Gasteiger partial charge in [0.1, 0.15) is 5.76 Å². The Balaban J connectivity index is 1.99. The minimum absolute atomic E-state index is 0.0945. The zero-order valence-corrected chi connectivity index (χ0v) is 10.1. The monoisotopic (exact) mass is 236 g/mol. The summed E-state index contributed by atoms with van der Waals surface area (Å²) in [5.74, 6) is 6.51. The fourth-order valence-corrected chi connectivity index (χ4v) is 2.50. The summed E-state index contributed by atoms with van der Waals surface area (Å²) in [5.41, 5.74) is 3.97. The highest BCUT2D eigenvalue weighted by Crippen LogP contribution is 2.23. The molecule has 0 aliphatic heterocycles. The van der Waals surface area contributed by atoms with Gasteiger partial charge in [0.2, 0.25) is 0 Å². The molecule has 4 heteroatoms. The van der Waals surface area contributed by atoms with Crippen molar-refractivity contribution in [3.8, 4) is 0 Å². The molecule has 0 aromatic carbocycles. The summed E-state index contributed by atoms with van der Waals surface area (Å²) in [5, 5.41) is 2.10. The Morgan fingerprint density at radius 1 is 1.50 bits per heavy atom. The van der Waals surface area contributed by atoms with Gasteiger partial charge in [0.05, 0.1) is 12.3 Å². The normalized spacial score (nSPS) is 12.9. The highest BCUT2D eigenvalue weighted by Gasteiger charge is 2.15. The molecule has 0 aliphatic carbocycles. The van der Waals surface area contributed by atoms with Crippen LogP contribution in [0.4, 0.5) is 0 Å². The number of furan rings is 1. The van der Waals surface area contributed by atoms with Gasteiger partial charge in [-0.2, -0.15) is 0 Å². The van der Waals surface area contributed by atoms with Gasteiger partial charge in [-0.3, -0.25) is 5.84 Å².